The summed E-state index contributed by atoms with van der Waals surface area (Å²) < 4.78 is 10.6. The van der Waals surface area contributed by atoms with Crippen LogP contribution in [-0.2, 0) is 9.53 Å². The molecule has 0 saturated heterocycles. The van der Waals surface area contributed by atoms with Gasteiger partial charge in [-0.15, -0.1) is 11.8 Å². The van der Waals surface area contributed by atoms with Crippen LogP contribution in [-0.4, -0.2) is 30.8 Å². The van der Waals surface area contributed by atoms with Gasteiger partial charge < -0.3 is 14.8 Å². The van der Waals surface area contributed by atoms with Crippen molar-refractivity contribution >= 4 is 29.3 Å². The Kier molecular flexibility index (Phi) is 6.89. The molecule has 2 rings (SSSR count). The SMILES string of the molecule is CCOc1ccc(NC(=O)[C@@H](C)OC(=O)c2ccc(SC)cc2)cc1. The van der Waals surface area contributed by atoms with E-state index < -0.39 is 18.0 Å². The van der Waals surface area contributed by atoms with E-state index in [9.17, 15) is 9.59 Å². The summed E-state index contributed by atoms with van der Waals surface area (Å²) in [6, 6.07) is 14.1. The van der Waals surface area contributed by atoms with Crippen molar-refractivity contribution in [2.75, 3.05) is 18.2 Å². The molecule has 2 aromatic rings. The standard InChI is InChI=1S/C19H21NO4S/c1-4-23-16-9-7-15(8-10-16)20-18(21)13(2)24-19(22)14-5-11-17(25-3)12-6-14/h5-13H,4H2,1-3H3,(H,20,21)/t13-/m1/s1. The summed E-state index contributed by atoms with van der Waals surface area (Å²) in [5.41, 5.74) is 1.03. The minimum absolute atomic E-state index is 0.391. The average molecular weight is 359 g/mol. The first-order chi connectivity index (χ1) is 12.0. The molecular formula is C19H21NO4S. The molecule has 0 bridgehead atoms. The van der Waals surface area contributed by atoms with Crippen LogP contribution in [0.4, 0.5) is 5.69 Å². The smallest absolute Gasteiger partial charge is 0.338 e. The maximum Gasteiger partial charge on any atom is 0.338 e. The molecule has 0 saturated carbocycles. The van der Waals surface area contributed by atoms with Gasteiger partial charge in [0.15, 0.2) is 6.10 Å². The molecule has 0 aromatic heterocycles. The lowest BCUT2D eigenvalue weighted by atomic mass is 10.2. The van der Waals surface area contributed by atoms with E-state index in [1.807, 2.05) is 25.3 Å². The number of carbonyl (C=O) groups is 2. The first-order valence-electron chi connectivity index (χ1n) is 7.92. The third kappa shape index (κ3) is 5.53. The minimum atomic E-state index is -0.903. The molecule has 2 aromatic carbocycles. The topological polar surface area (TPSA) is 64.6 Å². The van der Waals surface area contributed by atoms with Crippen molar-refractivity contribution in [1.29, 1.82) is 0 Å². The Morgan fingerprint density at radius 1 is 1.08 bits per heavy atom. The summed E-state index contributed by atoms with van der Waals surface area (Å²) in [4.78, 5) is 25.3. The van der Waals surface area contributed by atoms with Gasteiger partial charge in [-0.05, 0) is 68.6 Å². The highest BCUT2D eigenvalue weighted by Gasteiger charge is 2.19. The summed E-state index contributed by atoms with van der Waals surface area (Å²) in [5.74, 6) is -0.186. The molecule has 0 spiro atoms. The normalized spacial score (nSPS) is 11.5. The van der Waals surface area contributed by atoms with Crippen molar-refractivity contribution in [3.05, 3.63) is 54.1 Å². The molecule has 25 heavy (non-hydrogen) atoms. The Balaban J connectivity index is 1.91. The molecule has 0 fully saturated rings. The van der Waals surface area contributed by atoms with Gasteiger partial charge in [-0.25, -0.2) is 4.79 Å². The van der Waals surface area contributed by atoms with Gasteiger partial charge in [0.05, 0.1) is 12.2 Å². The fourth-order valence-corrected chi connectivity index (χ4v) is 2.46. The van der Waals surface area contributed by atoms with E-state index in [-0.39, 0.29) is 0 Å². The first kappa shape index (κ1) is 18.9. The Labute approximate surface area is 151 Å². The van der Waals surface area contributed by atoms with Crippen LogP contribution in [0.1, 0.15) is 24.2 Å². The summed E-state index contributed by atoms with van der Waals surface area (Å²) in [7, 11) is 0. The number of carbonyl (C=O) groups excluding carboxylic acids is 2. The zero-order valence-corrected chi connectivity index (χ0v) is 15.3. The van der Waals surface area contributed by atoms with E-state index in [1.165, 1.54) is 6.92 Å². The van der Waals surface area contributed by atoms with Crippen LogP contribution in [0, 0.1) is 0 Å². The molecule has 0 radical (unpaired) electrons. The summed E-state index contributed by atoms with van der Waals surface area (Å²) in [5, 5.41) is 2.71. The van der Waals surface area contributed by atoms with Gasteiger partial charge in [0.25, 0.3) is 5.91 Å². The summed E-state index contributed by atoms with van der Waals surface area (Å²) >= 11 is 1.59. The second kappa shape index (κ2) is 9.13. The molecule has 5 nitrogen and oxygen atoms in total. The van der Waals surface area contributed by atoms with Crippen LogP contribution in [0.15, 0.2) is 53.4 Å². The van der Waals surface area contributed by atoms with E-state index in [0.29, 0.717) is 17.9 Å². The molecular weight excluding hydrogens is 338 g/mol. The van der Waals surface area contributed by atoms with Gasteiger partial charge in [0.1, 0.15) is 5.75 Å². The molecule has 1 atom stereocenters. The predicted octanol–water partition coefficient (Wildman–Crippen LogP) is 3.99. The lowest BCUT2D eigenvalue weighted by Crippen LogP contribution is -2.30. The molecule has 0 aliphatic carbocycles. The second-order valence-corrected chi connectivity index (χ2v) is 6.10. The quantitative estimate of drug-likeness (QED) is 0.598. The Morgan fingerprint density at radius 3 is 2.28 bits per heavy atom. The zero-order valence-electron chi connectivity index (χ0n) is 14.4. The monoisotopic (exact) mass is 359 g/mol. The number of amides is 1. The van der Waals surface area contributed by atoms with E-state index in [2.05, 4.69) is 5.32 Å². The highest BCUT2D eigenvalue weighted by molar-refractivity contribution is 7.98. The van der Waals surface area contributed by atoms with Crippen molar-refractivity contribution in [3.8, 4) is 5.75 Å². The van der Waals surface area contributed by atoms with Crippen LogP contribution >= 0.6 is 11.8 Å². The number of hydrogen-bond donors (Lipinski definition) is 1. The van der Waals surface area contributed by atoms with Gasteiger partial charge in [-0.1, -0.05) is 0 Å². The third-order valence-electron chi connectivity index (χ3n) is 3.41. The van der Waals surface area contributed by atoms with E-state index >= 15 is 0 Å². The molecule has 0 aliphatic rings. The summed E-state index contributed by atoms with van der Waals surface area (Å²) in [6.07, 6.45) is 1.06. The van der Waals surface area contributed by atoms with Crippen LogP contribution in [0.2, 0.25) is 0 Å². The number of thioether (sulfide) groups is 1. The highest BCUT2D eigenvalue weighted by Crippen LogP contribution is 2.17. The number of esters is 1. The van der Waals surface area contributed by atoms with E-state index in [0.717, 1.165) is 10.6 Å². The van der Waals surface area contributed by atoms with Crippen molar-refractivity contribution < 1.29 is 19.1 Å². The van der Waals surface area contributed by atoms with Gasteiger partial charge in [-0.3, -0.25) is 4.79 Å². The van der Waals surface area contributed by atoms with Crippen LogP contribution < -0.4 is 10.1 Å². The van der Waals surface area contributed by atoms with Gasteiger partial charge in [0.2, 0.25) is 0 Å². The average Bonchev–Trinajstić information content (AvgIpc) is 2.63. The lowest BCUT2D eigenvalue weighted by Gasteiger charge is -2.14. The minimum Gasteiger partial charge on any atom is -0.494 e. The van der Waals surface area contributed by atoms with Gasteiger partial charge >= 0.3 is 5.97 Å². The first-order valence-corrected chi connectivity index (χ1v) is 9.14. The predicted molar refractivity (Wildman–Crippen MR) is 99.3 cm³/mol. The molecule has 1 N–H and O–H groups in total. The molecule has 0 aliphatic heterocycles. The Bertz CT molecular complexity index is 713. The summed E-state index contributed by atoms with van der Waals surface area (Å²) in [6.45, 7) is 4.02. The zero-order chi connectivity index (χ0) is 18.2. The fraction of sp³-hybridized carbons (Fsp3) is 0.263. The van der Waals surface area contributed by atoms with Gasteiger partial charge in [-0.2, -0.15) is 0 Å². The number of benzene rings is 2. The third-order valence-corrected chi connectivity index (χ3v) is 4.16. The second-order valence-electron chi connectivity index (χ2n) is 5.22. The molecule has 0 heterocycles. The lowest BCUT2D eigenvalue weighted by molar-refractivity contribution is -0.123. The van der Waals surface area contributed by atoms with Crippen molar-refractivity contribution in [3.63, 3.8) is 0 Å². The highest BCUT2D eigenvalue weighted by atomic mass is 32.2. The largest absolute Gasteiger partial charge is 0.494 e. The molecule has 6 heteroatoms. The van der Waals surface area contributed by atoms with Crippen LogP contribution in [0.25, 0.3) is 0 Å². The van der Waals surface area contributed by atoms with E-state index in [1.54, 1.807) is 48.2 Å². The fourth-order valence-electron chi connectivity index (χ4n) is 2.05. The number of nitrogens with one attached hydrogen (secondary N) is 1. The maximum absolute atomic E-state index is 12.2. The molecule has 1 amide bonds. The number of anilines is 1. The van der Waals surface area contributed by atoms with Crippen molar-refractivity contribution in [1.82, 2.24) is 0 Å². The van der Waals surface area contributed by atoms with Gasteiger partial charge in [0, 0.05) is 10.6 Å². The van der Waals surface area contributed by atoms with Crippen molar-refractivity contribution in [2.24, 2.45) is 0 Å². The Hall–Kier alpha value is -2.47. The van der Waals surface area contributed by atoms with Crippen LogP contribution in [0.3, 0.4) is 0 Å². The number of hydrogen-bond acceptors (Lipinski definition) is 5. The number of ether oxygens (including phenoxy) is 2. The van der Waals surface area contributed by atoms with Crippen LogP contribution in [0.5, 0.6) is 5.75 Å². The Morgan fingerprint density at radius 2 is 1.72 bits per heavy atom. The number of rotatable bonds is 7. The maximum atomic E-state index is 12.2. The van der Waals surface area contributed by atoms with Crippen molar-refractivity contribution in [2.45, 2.75) is 24.8 Å². The molecule has 0 unspecified atom stereocenters. The molecule has 132 valence electrons. The van der Waals surface area contributed by atoms with E-state index in [4.69, 9.17) is 9.47 Å².